The summed E-state index contributed by atoms with van der Waals surface area (Å²) in [5.41, 5.74) is 1.42. The highest BCUT2D eigenvalue weighted by Gasteiger charge is 2.55. The van der Waals surface area contributed by atoms with E-state index in [2.05, 4.69) is 0 Å². The van der Waals surface area contributed by atoms with Crippen molar-refractivity contribution in [2.45, 2.75) is 35.9 Å². The summed E-state index contributed by atoms with van der Waals surface area (Å²) >= 11 is 5.79. The SMILES string of the molecule is COCCOC(=O)N1[C@@H]2CC[C@H]1[C@H](C(=O)NO)N(S(=O)(=O)c1cc(F)c(Oc3ccc(Cl)cc3)c(F)c1)C2. The Kier molecular flexibility index (Phi) is 8.37. The van der Waals surface area contributed by atoms with Crippen LogP contribution in [0.4, 0.5) is 13.6 Å². The van der Waals surface area contributed by atoms with Crippen LogP contribution in [0.1, 0.15) is 12.8 Å². The maximum Gasteiger partial charge on any atom is 0.410 e. The summed E-state index contributed by atoms with van der Waals surface area (Å²) in [5, 5.41) is 9.70. The Labute approximate surface area is 221 Å². The number of carbonyl (C=O) groups excluding carboxylic acids is 2. The molecule has 2 saturated heterocycles. The maximum atomic E-state index is 14.9. The van der Waals surface area contributed by atoms with E-state index in [1.165, 1.54) is 41.8 Å². The first kappa shape index (κ1) is 28.0. The molecule has 0 unspecified atom stereocenters. The largest absolute Gasteiger partial charge is 0.451 e. The summed E-state index contributed by atoms with van der Waals surface area (Å²) < 4.78 is 72.9. The molecule has 2 fully saturated rings. The fraction of sp³-hybridized carbons (Fsp3) is 0.391. The molecular weight excluding hydrogens is 552 g/mol. The second-order valence-corrected chi connectivity index (χ2v) is 10.9. The molecule has 11 nitrogen and oxygen atoms in total. The molecule has 0 radical (unpaired) electrons. The van der Waals surface area contributed by atoms with E-state index >= 15 is 0 Å². The van der Waals surface area contributed by atoms with Gasteiger partial charge in [0.1, 0.15) is 18.4 Å². The van der Waals surface area contributed by atoms with Gasteiger partial charge >= 0.3 is 6.09 Å². The van der Waals surface area contributed by atoms with E-state index in [4.69, 9.17) is 25.8 Å². The minimum atomic E-state index is -4.69. The van der Waals surface area contributed by atoms with Crippen LogP contribution < -0.4 is 10.2 Å². The van der Waals surface area contributed by atoms with E-state index < -0.39 is 62.4 Å². The van der Waals surface area contributed by atoms with E-state index in [0.29, 0.717) is 23.6 Å². The van der Waals surface area contributed by atoms with Gasteiger partial charge in [0.2, 0.25) is 10.0 Å². The van der Waals surface area contributed by atoms with Gasteiger partial charge < -0.3 is 14.2 Å². The summed E-state index contributed by atoms with van der Waals surface area (Å²) in [6.07, 6.45) is -0.213. The van der Waals surface area contributed by atoms with Crippen molar-refractivity contribution in [3.05, 3.63) is 53.1 Å². The summed E-state index contributed by atoms with van der Waals surface area (Å²) in [6, 6.07) is 3.53. The summed E-state index contributed by atoms with van der Waals surface area (Å²) in [6.45, 7) is -0.305. The molecule has 15 heteroatoms. The Morgan fingerprint density at radius 3 is 2.39 bits per heavy atom. The smallest absolute Gasteiger partial charge is 0.410 e. The molecule has 38 heavy (non-hydrogen) atoms. The van der Waals surface area contributed by atoms with Crippen LogP contribution in [-0.2, 0) is 24.3 Å². The van der Waals surface area contributed by atoms with Crippen LogP contribution >= 0.6 is 11.6 Å². The van der Waals surface area contributed by atoms with Crippen LogP contribution in [0.25, 0.3) is 0 Å². The third kappa shape index (κ3) is 5.40. The Bertz CT molecular complexity index is 1290. The lowest BCUT2D eigenvalue weighted by Crippen LogP contribution is -2.66. The molecular formula is C23H24ClF2N3O8S. The van der Waals surface area contributed by atoms with Crippen LogP contribution in [0.5, 0.6) is 11.5 Å². The topological polar surface area (TPSA) is 135 Å². The van der Waals surface area contributed by atoms with Crippen molar-refractivity contribution in [2.75, 3.05) is 26.9 Å². The normalized spacial score (nSPS) is 21.3. The Morgan fingerprint density at radius 1 is 1.13 bits per heavy atom. The number of hydroxylamine groups is 1. The second-order valence-electron chi connectivity index (χ2n) is 8.58. The fourth-order valence-corrected chi connectivity index (χ4v) is 6.45. The number of nitrogens with one attached hydrogen (secondary N) is 1. The number of benzene rings is 2. The van der Waals surface area contributed by atoms with Gasteiger partial charge in [-0.15, -0.1) is 0 Å². The van der Waals surface area contributed by atoms with E-state index in [9.17, 15) is 32.0 Å². The number of piperazine rings is 1. The van der Waals surface area contributed by atoms with E-state index in [0.717, 1.165) is 4.31 Å². The molecule has 3 atom stereocenters. The van der Waals surface area contributed by atoms with Crippen LogP contribution in [-0.4, -0.2) is 79.8 Å². The summed E-state index contributed by atoms with van der Waals surface area (Å²) in [5.74, 6) is -4.49. The van der Waals surface area contributed by atoms with Gasteiger partial charge in [-0.25, -0.2) is 27.5 Å². The molecule has 2 aromatic rings. The number of amides is 2. The minimum absolute atomic E-state index is 0.0624. The third-order valence-electron chi connectivity index (χ3n) is 6.33. The molecule has 2 bridgehead atoms. The lowest BCUT2D eigenvalue weighted by atomic mass is 10.1. The lowest BCUT2D eigenvalue weighted by Gasteiger charge is -2.44. The molecule has 2 N–H and O–H groups in total. The van der Waals surface area contributed by atoms with Gasteiger partial charge in [-0.2, -0.15) is 4.31 Å². The standard InChI is InChI=1S/C23H24ClF2N3O8S/c1-35-8-9-36-23(31)29-14-4-7-19(29)20(22(30)27-32)28(12-14)38(33,34)16-10-17(25)21(18(26)11-16)37-15-5-2-13(24)3-6-15/h2-3,5-6,10-11,14,19-20,32H,4,7-9,12H2,1H3,(H,27,30)/t14-,19+,20-/m1/s1. The van der Waals surface area contributed by atoms with Gasteiger partial charge in [0.25, 0.3) is 5.91 Å². The van der Waals surface area contributed by atoms with Crippen LogP contribution in [0, 0.1) is 11.6 Å². The molecule has 0 aliphatic carbocycles. The first-order valence-corrected chi connectivity index (χ1v) is 13.2. The number of sulfonamides is 1. The first-order valence-electron chi connectivity index (χ1n) is 11.4. The molecule has 2 aliphatic heterocycles. The van der Waals surface area contributed by atoms with Gasteiger partial charge in [0.15, 0.2) is 17.4 Å². The van der Waals surface area contributed by atoms with Gasteiger partial charge in [0.05, 0.1) is 17.5 Å². The Balaban J connectivity index is 1.64. The van der Waals surface area contributed by atoms with Gasteiger partial charge in [-0.3, -0.25) is 14.9 Å². The van der Waals surface area contributed by atoms with E-state index in [-0.39, 0.29) is 31.9 Å². The number of halogens is 3. The molecule has 0 spiro atoms. The summed E-state index contributed by atoms with van der Waals surface area (Å²) in [7, 11) is -3.27. The first-order chi connectivity index (χ1) is 18.1. The maximum absolute atomic E-state index is 14.9. The number of methoxy groups -OCH3 is 1. The van der Waals surface area contributed by atoms with Crippen LogP contribution in [0.15, 0.2) is 41.3 Å². The Hall–Kier alpha value is -3.04. The second kappa shape index (κ2) is 11.4. The number of rotatable bonds is 8. The average molecular weight is 576 g/mol. The number of nitrogens with zero attached hydrogens (tertiary/aromatic N) is 2. The quantitative estimate of drug-likeness (QED) is 0.279. The highest BCUT2D eigenvalue weighted by atomic mass is 35.5. The molecule has 0 aromatic heterocycles. The zero-order chi connectivity index (χ0) is 27.6. The Morgan fingerprint density at radius 2 is 1.79 bits per heavy atom. The number of ether oxygens (including phenoxy) is 3. The number of hydrogen-bond donors (Lipinski definition) is 2. The molecule has 2 aromatic carbocycles. The molecule has 2 aliphatic rings. The van der Waals surface area contributed by atoms with Crippen LogP contribution in [0.3, 0.4) is 0 Å². The molecule has 0 saturated carbocycles. The van der Waals surface area contributed by atoms with Crippen molar-refractivity contribution in [2.24, 2.45) is 0 Å². The van der Waals surface area contributed by atoms with Crippen molar-refractivity contribution >= 4 is 33.6 Å². The van der Waals surface area contributed by atoms with Gasteiger partial charge in [0, 0.05) is 24.7 Å². The molecule has 4 rings (SSSR count). The zero-order valence-electron chi connectivity index (χ0n) is 20.0. The molecule has 206 valence electrons. The number of carbonyl (C=O) groups is 2. The third-order valence-corrected chi connectivity index (χ3v) is 8.40. The van der Waals surface area contributed by atoms with Crippen molar-refractivity contribution in [3.63, 3.8) is 0 Å². The number of hydrogen-bond acceptors (Lipinski definition) is 8. The monoisotopic (exact) mass is 575 g/mol. The van der Waals surface area contributed by atoms with E-state index in [1.54, 1.807) is 0 Å². The predicted molar refractivity (Wildman–Crippen MR) is 127 cm³/mol. The lowest BCUT2D eigenvalue weighted by molar-refractivity contribution is -0.136. The van der Waals surface area contributed by atoms with Gasteiger partial charge in [-0.05, 0) is 49.2 Å². The zero-order valence-corrected chi connectivity index (χ0v) is 21.5. The molecule has 2 amide bonds. The van der Waals surface area contributed by atoms with Crippen molar-refractivity contribution < 1.29 is 46.2 Å². The highest BCUT2D eigenvalue weighted by molar-refractivity contribution is 7.89. The van der Waals surface area contributed by atoms with Crippen molar-refractivity contribution in [1.82, 2.24) is 14.7 Å². The highest BCUT2D eigenvalue weighted by Crippen LogP contribution is 2.39. The van der Waals surface area contributed by atoms with Gasteiger partial charge in [-0.1, -0.05) is 11.6 Å². The predicted octanol–water partition coefficient (Wildman–Crippen LogP) is 2.90. The van der Waals surface area contributed by atoms with Crippen LogP contribution in [0.2, 0.25) is 5.02 Å². The molecule has 2 heterocycles. The summed E-state index contributed by atoms with van der Waals surface area (Å²) in [4.78, 5) is 25.8. The van der Waals surface area contributed by atoms with E-state index in [1.807, 2.05) is 0 Å². The minimum Gasteiger partial charge on any atom is -0.451 e. The number of fused-ring (bicyclic) bond motifs is 2. The van der Waals surface area contributed by atoms with Crippen molar-refractivity contribution in [3.8, 4) is 11.5 Å². The fourth-order valence-electron chi connectivity index (χ4n) is 4.64. The average Bonchev–Trinajstić information content (AvgIpc) is 3.19. The van der Waals surface area contributed by atoms with Crippen molar-refractivity contribution in [1.29, 1.82) is 0 Å².